The van der Waals surface area contributed by atoms with Crippen molar-refractivity contribution in [2.24, 2.45) is 35.1 Å². The van der Waals surface area contributed by atoms with Gasteiger partial charge in [0, 0.05) is 12.0 Å². The van der Waals surface area contributed by atoms with Crippen molar-refractivity contribution < 1.29 is 34.2 Å². The highest BCUT2D eigenvalue weighted by Crippen LogP contribution is 2.53. The number of phenols is 1. The largest absolute Gasteiger partial charge is 0.507 e. The average molecular weight is 443 g/mol. The molecule has 2 fully saturated rings. The van der Waals surface area contributed by atoms with Gasteiger partial charge in [-0.25, -0.2) is 0 Å². The SMILES string of the molecule is C[C@H]1c2cccc(O)c2C(=O)C2C(=O)[C@]3(O)C(=O)C(C(N)=O)C(=O)[C@@H](N(C)C)[C@@H]3[C@H](N)[C@@H]21. The number of hydrogen-bond acceptors (Lipinski definition) is 9. The van der Waals surface area contributed by atoms with Crippen LogP contribution in [0.1, 0.15) is 28.8 Å². The van der Waals surface area contributed by atoms with E-state index >= 15 is 0 Å². The molecule has 0 spiro atoms. The Labute approximate surface area is 183 Å². The van der Waals surface area contributed by atoms with Gasteiger partial charge in [-0.1, -0.05) is 19.1 Å². The molecule has 0 saturated heterocycles. The molecule has 8 atom stereocenters. The lowest BCUT2D eigenvalue weighted by Gasteiger charge is -2.56. The van der Waals surface area contributed by atoms with Gasteiger partial charge in [0.05, 0.1) is 17.5 Å². The van der Waals surface area contributed by atoms with Gasteiger partial charge in [0.15, 0.2) is 34.7 Å². The zero-order valence-electron chi connectivity index (χ0n) is 17.8. The minimum absolute atomic E-state index is 0.0567. The summed E-state index contributed by atoms with van der Waals surface area (Å²) in [5.74, 6) is -11.9. The lowest BCUT2D eigenvalue weighted by Crippen LogP contribution is -2.79. The van der Waals surface area contributed by atoms with Crippen LogP contribution in [0, 0.1) is 23.7 Å². The molecule has 2 saturated carbocycles. The topological polar surface area (TPSA) is 181 Å². The summed E-state index contributed by atoms with van der Waals surface area (Å²) in [6, 6.07) is 2.16. The summed E-state index contributed by atoms with van der Waals surface area (Å²) in [6.07, 6.45) is 0. The summed E-state index contributed by atoms with van der Waals surface area (Å²) in [5.41, 5.74) is 9.41. The van der Waals surface area contributed by atoms with Crippen molar-refractivity contribution in [3.05, 3.63) is 29.3 Å². The maximum absolute atomic E-state index is 13.7. The van der Waals surface area contributed by atoms with Crippen LogP contribution in [0.25, 0.3) is 0 Å². The van der Waals surface area contributed by atoms with Crippen LogP contribution in [0.3, 0.4) is 0 Å². The third kappa shape index (κ3) is 2.54. The molecule has 2 unspecified atom stereocenters. The number of primary amides is 1. The van der Waals surface area contributed by atoms with E-state index in [2.05, 4.69) is 0 Å². The van der Waals surface area contributed by atoms with Crippen LogP contribution >= 0.6 is 0 Å². The van der Waals surface area contributed by atoms with Crippen LogP contribution in [0.15, 0.2) is 18.2 Å². The fraction of sp³-hybridized carbons (Fsp3) is 0.500. The van der Waals surface area contributed by atoms with E-state index in [1.165, 1.54) is 25.1 Å². The Bertz CT molecular complexity index is 1080. The van der Waals surface area contributed by atoms with E-state index < -0.39 is 76.3 Å². The molecule has 1 amide bonds. The average Bonchev–Trinajstić information content (AvgIpc) is 2.70. The molecule has 6 N–H and O–H groups in total. The number of aliphatic hydroxyl groups is 1. The number of likely N-dealkylation sites (N-methyl/N-ethyl adjacent to an activating group) is 1. The first-order chi connectivity index (χ1) is 14.9. The first-order valence-electron chi connectivity index (χ1n) is 10.3. The molecule has 1 aromatic carbocycles. The Morgan fingerprint density at radius 1 is 1.12 bits per heavy atom. The zero-order valence-corrected chi connectivity index (χ0v) is 17.8. The number of carbonyl (C=O) groups excluding carboxylic acids is 5. The standard InChI is InChI=1S/C22H25N3O7/c1-7-8-5-4-6-9(26)11(8)17(27)12-10(7)15(23)14-16(25(2)3)18(28)13(21(24)31)20(30)22(14,32)19(12)29/h4-7,10,12-16,26,32H,23H2,1-3H3,(H2,24,31)/t7-,10+,12?,13?,14-,15+,16-,22-/m0/s1. The third-order valence-electron chi connectivity index (χ3n) is 7.45. The quantitative estimate of drug-likeness (QED) is 0.390. The fourth-order valence-corrected chi connectivity index (χ4v) is 6.07. The maximum Gasteiger partial charge on any atom is 0.235 e. The molecule has 170 valence electrons. The molecular formula is C22H25N3O7. The summed E-state index contributed by atoms with van der Waals surface area (Å²) >= 11 is 0. The highest BCUT2D eigenvalue weighted by molar-refractivity contribution is 6.32. The normalized spacial score (nSPS) is 38.9. The van der Waals surface area contributed by atoms with E-state index in [9.17, 15) is 34.2 Å². The molecule has 0 aromatic heterocycles. The van der Waals surface area contributed by atoms with Gasteiger partial charge in [-0.3, -0.25) is 28.9 Å². The smallest absolute Gasteiger partial charge is 0.235 e. The van der Waals surface area contributed by atoms with E-state index in [1.54, 1.807) is 19.1 Å². The molecule has 0 radical (unpaired) electrons. The number of ketones is 4. The Hall–Kier alpha value is -2.95. The van der Waals surface area contributed by atoms with Gasteiger partial charge in [0.2, 0.25) is 5.91 Å². The highest BCUT2D eigenvalue weighted by atomic mass is 16.3. The molecule has 3 aliphatic carbocycles. The van der Waals surface area contributed by atoms with Gasteiger partial charge < -0.3 is 21.7 Å². The van der Waals surface area contributed by atoms with E-state index in [4.69, 9.17) is 11.5 Å². The van der Waals surface area contributed by atoms with Gasteiger partial charge >= 0.3 is 0 Å². The lowest BCUT2D eigenvalue weighted by molar-refractivity contribution is -0.184. The van der Waals surface area contributed by atoms with Crippen molar-refractivity contribution in [2.75, 3.05) is 14.1 Å². The molecular weight excluding hydrogens is 418 g/mol. The second-order valence-electron chi connectivity index (χ2n) is 9.19. The van der Waals surface area contributed by atoms with Crippen LogP contribution in [0.4, 0.5) is 0 Å². The van der Waals surface area contributed by atoms with E-state index in [0.717, 1.165) is 0 Å². The minimum atomic E-state index is -2.85. The molecule has 0 heterocycles. The number of Topliss-reactive ketones (excluding diaryl/α,β-unsaturated/α-hetero) is 4. The molecule has 1 aromatic rings. The van der Waals surface area contributed by atoms with Crippen molar-refractivity contribution in [2.45, 2.75) is 30.5 Å². The molecule has 3 aliphatic rings. The van der Waals surface area contributed by atoms with Gasteiger partial charge in [0.25, 0.3) is 0 Å². The number of phenolic OH excluding ortho intramolecular Hbond substituents is 1. The van der Waals surface area contributed by atoms with Gasteiger partial charge in [-0.05, 0) is 37.6 Å². The van der Waals surface area contributed by atoms with Gasteiger partial charge in [0.1, 0.15) is 5.75 Å². The van der Waals surface area contributed by atoms with Crippen molar-refractivity contribution >= 4 is 29.0 Å². The number of hydrogen-bond donors (Lipinski definition) is 4. The predicted octanol–water partition coefficient (Wildman–Crippen LogP) is -1.63. The second-order valence-corrected chi connectivity index (χ2v) is 9.19. The molecule has 4 rings (SSSR count). The summed E-state index contributed by atoms with van der Waals surface area (Å²) in [6.45, 7) is 1.74. The van der Waals surface area contributed by atoms with E-state index in [-0.39, 0.29) is 11.3 Å². The van der Waals surface area contributed by atoms with Crippen LogP contribution < -0.4 is 11.5 Å². The number of fused-ring (bicyclic) bond motifs is 3. The highest BCUT2D eigenvalue weighted by Gasteiger charge is 2.72. The van der Waals surface area contributed by atoms with Crippen molar-refractivity contribution in [1.82, 2.24) is 4.90 Å². The Morgan fingerprint density at radius 2 is 1.75 bits per heavy atom. The van der Waals surface area contributed by atoms with Gasteiger partial charge in [-0.15, -0.1) is 0 Å². The Balaban J connectivity index is 1.96. The number of nitrogens with zero attached hydrogens (tertiary/aromatic N) is 1. The number of nitrogens with two attached hydrogens (primary N) is 2. The van der Waals surface area contributed by atoms with Crippen molar-refractivity contribution in [3.63, 3.8) is 0 Å². The number of amides is 1. The fourth-order valence-electron chi connectivity index (χ4n) is 6.07. The summed E-state index contributed by atoms with van der Waals surface area (Å²) in [7, 11) is 3.01. The van der Waals surface area contributed by atoms with Crippen molar-refractivity contribution in [1.29, 1.82) is 0 Å². The third-order valence-corrected chi connectivity index (χ3v) is 7.45. The Morgan fingerprint density at radius 3 is 2.31 bits per heavy atom. The summed E-state index contributed by atoms with van der Waals surface area (Å²) in [5, 5.41) is 21.8. The second kappa shape index (κ2) is 7.03. The molecule has 0 bridgehead atoms. The summed E-state index contributed by atoms with van der Waals surface area (Å²) < 4.78 is 0. The van der Waals surface area contributed by atoms with Gasteiger partial charge in [-0.2, -0.15) is 0 Å². The van der Waals surface area contributed by atoms with Crippen LogP contribution in [0.2, 0.25) is 0 Å². The molecule has 10 nitrogen and oxygen atoms in total. The first kappa shape index (κ1) is 22.3. The number of aromatic hydroxyl groups is 1. The van der Waals surface area contributed by atoms with E-state index in [0.29, 0.717) is 5.56 Å². The van der Waals surface area contributed by atoms with Crippen LogP contribution in [-0.2, 0) is 19.2 Å². The first-order valence-corrected chi connectivity index (χ1v) is 10.3. The zero-order chi connectivity index (χ0) is 23.9. The van der Waals surface area contributed by atoms with Crippen LogP contribution in [-0.4, -0.2) is 75.9 Å². The molecule has 0 aliphatic heterocycles. The lowest BCUT2D eigenvalue weighted by atomic mass is 9.49. The predicted molar refractivity (Wildman–Crippen MR) is 109 cm³/mol. The number of benzene rings is 1. The number of rotatable bonds is 2. The molecule has 32 heavy (non-hydrogen) atoms. The Kier molecular flexibility index (Phi) is 4.89. The maximum atomic E-state index is 13.7. The minimum Gasteiger partial charge on any atom is -0.507 e. The van der Waals surface area contributed by atoms with E-state index in [1.807, 2.05) is 0 Å². The molecule has 10 heteroatoms. The van der Waals surface area contributed by atoms with Crippen LogP contribution in [0.5, 0.6) is 5.75 Å². The van der Waals surface area contributed by atoms with Crippen molar-refractivity contribution in [3.8, 4) is 5.75 Å². The number of carbonyl (C=O) groups is 5. The monoisotopic (exact) mass is 443 g/mol. The summed E-state index contributed by atoms with van der Waals surface area (Å²) in [4.78, 5) is 66.7.